The number of nitrogens with zero attached hydrogens (tertiary/aromatic N) is 1. The lowest BCUT2D eigenvalue weighted by atomic mass is 10.0. The molecule has 3 rings (SSSR count). The maximum atomic E-state index is 12.8. The Morgan fingerprint density at radius 3 is 2.65 bits per heavy atom. The Hall–Kier alpha value is -2.08. The molecular weight excluding hydrogens is 318 g/mol. The van der Waals surface area contributed by atoms with Crippen LogP contribution in [0.1, 0.15) is 11.7 Å². The van der Waals surface area contributed by atoms with Gasteiger partial charge in [-0.1, -0.05) is 41.9 Å². The van der Waals surface area contributed by atoms with Gasteiger partial charge in [-0.05, 0) is 18.2 Å². The number of carbonyl (C=O) groups excluding carboxylic acids is 1. The van der Waals surface area contributed by atoms with E-state index >= 15 is 0 Å². The molecule has 120 valence electrons. The van der Waals surface area contributed by atoms with E-state index in [2.05, 4.69) is 0 Å². The summed E-state index contributed by atoms with van der Waals surface area (Å²) in [6.45, 7) is -0.466. The molecule has 0 spiro atoms. The molecule has 0 fully saturated rings. The lowest BCUT2D eigenvalue weighted by Gasteiger charge is -2.35. The number of hydrogen-bond acceptors (Lipinski definition) is 4. The number of ether oxygens (including phenoxy) is 1. The quantitative estimate of drug-likeness (QED) is 0.899. The number of hydrogen-bond donors (Lipinski definition) is 2. The van der Waals surface area contributed by atoms with Gasteiger partial charge in [0, 0.05) is 10.6 Å². The Morgan fingerprint density at radius 2 is 1.96 bits per heavy atom. The summed E-state index contributed by atoms with van der Waals surface area (Å²) in [4.78, 5) is 14.2. The predicted molar refractivity (Wildman–Crippen MR) is 86.7 cm³/mol. The Balaban J connectivity index is 2.02. The van der Waals surface area contributed by atoms with Gasteiger partial charge >= 0.3 is 0 Å². The van der Waals surface area contributed by atoms with Crippen LogP contribution in [0.3, 0.4) is 0 Å². The first-order chi connectivity index (χ1) is 11.1. The van der Waals surface area contributed by atoms with Crippen LogP contribution in [0.25, 0.3) is 0 Å². The molecule has 0 bridgehead atoms. The van der Waals surface area contributed by atoms with E-state index in [0.29, 0.717) is 16.5 Å². The van der Waals surface area contributed by atoms with Crippen molar-refractivity contribution in [3.8, 4) is 5.75 Å². The van der Waals surface area contributed by atoms with E-state index < -0.39 is 18.8 Å². The molecule has 1 aliphatic rings. The molecule has 5 nitrogen and oxygen atoms in total. The SMILES string of the molecule is O=C1C(c2ccccc2)Oc2ccc(Cl)cc2N1CC(O)CO. The van der Waals surface area contributed by atoms with Crippen molar-refractivity contribution in [2.45, 2.75) is 12.2 Å². The van der Waals surface area contributed by atoms with Gasteiger partial charge < -0.3 is 19.8 Å². The minimum Gasteiger partial charge on any atom is -0.474 e. The van der Waals surface area contributed by atoms with E-state index in [9.17, 15) is 9.90 Å². The minimum atomic E-state index is -1.04. The van der Waals surface area contributed by atoms with Crippen LogP contribution >= 0.6 is 11.6 Å². The zero-order chi connectivity index (χ0) is 16.4. The van der Waals surface area contributed by atoms with Crippen molar-refractivity contribution < 1.29 is 19.7 Å². The minimum absolute atomic E-state index is 0.0324. The summed E-state index contributed by atoms with van der Waals surface area (Å²) >= 11 is 6.01. The Bertz CT molecular complexity index is 707. The van der Waals surface area contributed by atoms with Crippen LogP contribution in [-0.4, -0.2) is 35.4 Å². The van der Waals surface area contributed by atoms with Crippen molar-refractivity contribution in [1.29, 1.82) is 0 Å². The van der Waals surface area contributed by atoms with Crippen molar-refractivity contribution in [2.75, 3.05) is 18.1 Å². The Morgan fingerprint density at radius 1 is 1.22 bits per heavy atom. The molecule has 0 aliphatic carbocycles. The molecule has 0 radical (unpaired) electrons. The molecule has 0 saturated heterocycles. The molecule has 1 aliphatic heterocycles. The van der Waals surface area contributed by atoms with Crippen LogP contribution in [0.15, 0.2) is 48.5 Å². The number of rotatable bonds is 4. The summed E-state index contributed by atoms with van der Waals surface area (Å²) in [6.07, 6.45) is -1.84. The van der Waals surface area contributed by atoms with Crippen LogP contribution in [0.4, 0.5) is 5.69 Å². The molecule has 2 unspecified atom stereocenters. The third kappa shape index (κ3) is 3.17. The van der Waals surface area contributed by atoms with Gasteiger partial charge in [0.2, 0.25) is 6.10 Å². The summed E-state index contributed by atoms with van der Waals surface area (Å²) < 4.78 is 5.84. The van der Waals surface area contributed by atoms with Crippen LogP contribution in [0, 0.1) is 0 Å². The molecular formula is C17H16ClNO4. The van der Waals surface area contributed by atoms with Crippen LogP contribution in [0.5, 0.6) is 5.75 Å². The topological polar surface area (TPSA) is 70.0 Å². The van der Waals surface area contributed by atoms with Gasteiger partial charge in [0.1, 0.15) is 5.75 Å². The average molecular weight is 334 g/mol. The molecule has 2 N–H and O–H groups in total. The first kappa shape index (κ1) is 15.8. The van der Waals surface area contributed by atoms with E-state index in [-0.39, 0.29) is 12.5 Å². The van der Waals surface area contributed by atoms with E-state index in [1.165, 1.54) is 4.90 Å². The standard InChI is InChI=1S/C17H16ClNO4/c18-12-6-7-15-14(8-12)19(9-13(21)10-20)17(22)16(23-15)11-4-2-1-3-5-11/h1-8,13,16,20-21H,9-10H2. The zero-order valence-electron chi connectivity index (χ0n) is 12.2. The highest BCUT2D eigenvalue weighted by atomic mass is 35.5. The first-order valence-corrected chi connectivity index (χ1v) is 7.59. The molecule has 6 heteroatoms. The van der Waals surface area contributed by atoms with Crippen molar-refractivity contribution in [1.82, 2.24) is 0 Å². The molecule has 0 aromatic heterocycles. The lowest BCUT2D eigenvalue weighted by molar-refractivity contribution is -0.127. The number of fused-ring (bicyclic) bond motifs is 1. The second-order valence-corrected chi connectivity index (χ2v) is 5.74. The van der Waals surface area contributed by atoms with Gasteiger partial charge in [0.25, 0.3) is 5.91 Å². The molecule has 1 amide bonds. The number of aliphatic hydroxyl groups excluding tert-OH is 2. The highest BCUT2D eigenvalue weighted by molar-refractivity contribution is 6.31. The number of carbonyl (C=O) groups is 1. The van der Waals surface area contributed by atoms with Crippen LogP contribution < -0.4 is 9.64 Å². The highest BCUT2D eigenvalue weighted by Crippen LogP contribution is 2.40. The zero-order valence-corrected chi connectivity index (χ0v) is 13.0. The van der Waals surface area contributed by atoms with Gasteiger partial charge in [-0.15, -0.1) is 0 Å². The van der Waals surface area contributed by atoms with Crippen LogP contribution in [-0.2, 0) is 4.79 Å². The fourth-order valence-corrected chi connectivity index (χ4v) is 2.70. The Kier molecular flexibility index (Phi) is 4.52. The van der Waals surface area contributed by atoms with Gasteiger partial charge in [-0.2, -0.15) is 0 Å². The van der Waals surface area contributed by atoms with Gasteiger partial charge in [-0.25, -0.2) is 0 Å². The van der Waals surface area contributed by atoms with Crippen molar-refractivity contribution >= 4 is 23.2 Å². The summed E-state index contributed by atoms with van der Waals surface area (Å²) in [6, 6.07) is 14.1. The Labute approximate surface area is 138 Å². The number of aliphatic hydroxyl groups is 2. The largest absolute Gasteiger partial charge is 0.474 e. The molecule has 1 heterocycles. The summed E-state index contributed by atoms with van der Waals surface area (Å²) in [5.41, 5.74) is 1.21. The molecule has 2 atom stereocenters. The van der Waals surface area contributed by atoms with Crippen LogP contribution in [0.2, 0.25) is 5.02 Å². The second kappa shape index (κ2) is 6.58. The van der Waals surface area contributed by atoms with Gasteiger partial charge in [0.05, 0.1) is 24.9 Å². The number of amides is 1. The third-order valence-electron chi connectivity index (χ3n) is 3.65. The van der Waals surface area contributed by atoms with E-state index in [1.807, 2.05) is 30.3 Å². The maximum absolute atomic E-state index is 12.8. The van der Waals surface area contributed by atoms with Crippen molar-refractivity contribution in [2.24, 2.45) is 0 Å². The lowest BCUT2D eigenvalue weighted by Crippen LogP contribution is -2.45. The fourth-order valence-electron chi connectivity index (χ4n) is 2.53. The summed E-state index contributed by atoms with van der Waals surface area (Å²) in [5.74, 6) is 0.200. The summed E-state index contributed by atoms with van der Waals surface area (Å²) in [7, 11) is 0. The van der Waals surface area contributed by atoms with Crippen molar-refractivity contribution in [3.05, 3.63) is 59.1 Å². The van der Waals surface area contributed by atoms with Gasteiger partial charge in [-0.3, -0.25) is 4.79 Å². The normalized spacial score (nSPS) is 18.3. The smallest absolute Gasteiger partial charge is 0.272 e. The number of β-amino-alcohol motifs (C(OH)–C–C–N with tert-alkyl or cyclic N) is 1. The fraction of sp³-hybridized carbons (Fsp3) is 0.235. The molecule has 2 aromatic rings. The third-order valence-corrected chi connectivity index (χ3v) is 3.89. The second-order valence-electron chi connectivity index (χ2n) is 5.31. The highest BCUT2D eigenvalue weighted by Gasteiger charge is 2.36. The number of halogens is 1. The van der Waals surface area contributed by atoms with Crippen molar-refractivity contribution in [3.63, 3.8) is 0 Å². The number of anilines is 1. The molecule has 23 heavy (non-hydrogen) atoms. The van der Waals surface area contributed by atoms with E-state index in [0.717, 1.165) is 5.56 Å². The maximum Gasteiger partial charge on any atom is 0.272 e. The molecule has 0 saturated carbocycles. The monoisotopic (exact) mass is 333 g/mol. The predicted octanol–water partition coefficient (Wildman–Crippen LogP) is 2.16. The molecule has 2 aromatic carbocycles. The first-order valence-electron chi connectivity index (χ1n) is 7.21. The van der Waals surface area contributed by atoms with E-state index in [1.54, 1.807) is 18.2 Å². The number of benzene rings is 2. The van der Waals surface area contributed by atoms with E-state index in [4.69, 9.17) is 21.4 Å². The summed E-state index contributed by atoms with van der Waals surface area (Å²) in [5, 5.41) is 19.3. The van der Waals surface area contributed by atoms with Gasteiger partial charge in [0.15, 0.2) is 0 Å². The average Bonchev–Trinajstić information content (AvgIpc) is 2.58.